The van der Waals surface area contributed by atoms with Crippen molar-refractivity contribution in [3.8, 4) is 0 Å². The van der Waals surface area contributed by atoms with Gasteiger partial charge in [-0.3, -0.25) is 19.7 Å². The van der Waals surface area contributed by atoms with Crippen LogP contribution in [0.3, 0.4) is 0 Å². The van der Waals surface area contributed by atoms with Crippen LogP contribution in [0.15, 0.2) is 69.9 Å². The lowest BCUT2D eigenvalue weighted by molar-refractivity contribution is -0.384. The molecule has 0 aliphatic carbocycles. The minimum atomic E-state index is -0.808. The average Bonchev–Trinajstić information content (AvgIpc) is 2.70. The van der Waals surface area contributed by atoms with E-state index in [1.807, 2.05) is 0 Å². The molecule has 8 nitrogen and oxygen atoms in total. The van der Waals surface area contributed by atoms with Gasteiger partial charge in [0.2, 0.25) is 0 Å². The van der Waals surface area contributed by atoms with E-state index < -0.39 is 16.5 Å². The van der Waals surface area contributed by atoms with Gasteiger partial charge in [0, 0.05) is 23.3 Å². The van der Waals surface area contributed by atoms with Gasteiger partial charge in [0.15, 0.2) is 5.78 Å². The van der Waals surface area contributed by atoms with Gasteiger partial charge in [0.1, 0.15) is 11.4 Å². The second kappa shape index (κ2) is 7.67. The fourth-order valence-corrected chi connectivity index (χ4v) is 2.54. The van der Waals surface area contributed by atoms with Crippen molar-refractivity contribution in [3.63, 3.8) is 0 Å². The summed E-state index contributed by atoms with van der Waals surface area (Å²) in [6, 6.07) is 14.6. The standard InChI is InChI=1S/C20H14N2O6/c1-12-16(18(23)13-5-3-2-4-6-13)11-17(20(25)28-12)21-19(24)14-7-9-15(10-8-14)22(26)27/h2-11H,1H3,(H,21,24). The molecule has 0 bridgehead atoms. The molecule has 0 aliphatic heterocycles. The number of ketones is 1. The number of carbonyl (C=O) groups excluding carboxylic acids is 2. The third-order valence-electron chi connectivity index (χ3n) is 4.00. The predicted molar refractivity (Wildman–Crippen MR) is 101 cm³/mol. The second-order valence-corrected chi connectivity index (χ2v) is 5.87. The first-order valence-electron chi connectivity index (χ1n) is 8.17. The maximum atomic E-state index is 12.6. The first kappa shape index (κ1) is 18.7. The molecule has 0 saturated carbocycles. The smallest absolute Gasteiger partial charge is 0.359 e. The molecule has 3 rings (SSSR count). The van der Waals surface area contributed by atoms with E-state index in [0.717, 1.165) is 0 Å². The van der Waals surface area contributed by atoms with Crippen LogP contribution >= 0.6 is 0 Å². The summed E-state index contributed by atoms with van der Waals surface area (Å²) in [7, 11) is 0. The fraction of sp³-hybridized carbons (Fsp3) is 0.0500. The number of nitro benzene ring substituents is 1. The molecule has 1 amide bonds. The zero-order valence-electron chi connectivity index (χ0n) is 14.7. The highest BCUT2D eigenvalue weighted by molar-refractivity contribution is 6.10. The molecule has 2 aromatic carbocycles. The summed E-state index contributed by atoms with van der Waals surface area (Å²) >= 11 is 0. The number of carbonyl (C=O) groups is 2. The summed E-state index contributed by atoms with van der Waals surface area (Å²) in [4.78, 5) is 47.2. The lowest BCUT2D eigenvalue weighted by Crippen LogP contribution is -2.19. The van der Waals surface area contributed by atoms with Crippen LogP contribution in [0, 0.1) is 17.0 Å². The van der Waals surface area contributed by atoms with Crippen molar-refractivity contribution in [2.45, 2.75) is 6.92 Å². The second-order valence-electron chi connectivity index (χ2n) is 5.87. The molecule has 0 atom stereocenters. The largest absolute Gasteiger partial charge is 0.426 e. The lowest BCUT2D eigenvalue weighted by atomic mass is 10.0. The Bertz CT molecular complexity index is 1120. The van der Waals surface area contributed by atoms with Gasteiger partial charge in [-0.2, -0.15) is 0 Å². The van der Waals surface area contributed by atoms with Crippen molar-refractivity contribution in [1.82, 2.24) is 0 Å². The number of non-ortho nitro benzene ring substituents is 1. The lowest BCUT2D eigenvalue weighted by Gasteiger charge is -2.08. The normalized spacial score (nSPS) is 10.3. The fourth-order valence-electron chi connectivity index (χ4n) is 2.54. The van der Waals surface area contributed by atoms with Gasteiger partial charge in [-0.1, -0.05) is 30.3 Å². The number of hydrogen-bond acceptors (Lipinski definition) is 6. The highest BCUT2D eigenvalue weighted by Gasteiger charge is 2.18. The molecule has 0 fully saturated rings. The Labute approximate surface area is 158 Å². The quantitative estimate of drug-likeness (QED) is 0.413. The van der Waals surface area contributed by atoms with E-state index in [2.05, 4.69) is 5.32 Å². The number of benzene rings is 2. The first-order chi connectivity index (χ1) is 13.4. The summed E-state index contributed by atoms with van der Waals surface area (Å²) in [5, 5.41) is 13.1. The van der Waals surface area contributed by atoms with Crippen LogP contribution in [0.2, 0.25) is 0 Å². The number of rotatable bonds is 5. The molecule has 0 saturated heterocycles. The first-order valence-corrected chi connectivity index (χ1v) is 8.17. The SMILES string of the molecule is Cc1oc(=O)c(NC(=O)c2ccc([N+](=O)[O-])cc2)cc1C(=O)c1ccccc1. The van der Waals surface area contributed by atoms with Crippen molar-refractivity contribution in [2.24, 2.45) is 0 Å². The molecule has 1 heterocycles. The third-order valence-corrected chi connectivity index (χ3v) is 4.00. The summed E-state index contributed by atoms with van der Waals surface area (Å²) in [5.41, 5.74) is -0.508. The molecule has 0 radical (unpaired) electrons. The van der Waals surface area contributed by atoms with Gasteiger partial charge in [-0.05, 0) is 25.1 Å². The maximum Gasteiger partial charge on any atom is 0.359 e. The minimum Gasteiger partial charge on any atom is -0.426 e. The minimum absolute atomic E-state index is 0.113. The van der Waals surface area contributed by atoms with Crippen LogP contribution in [0.5, 0.6) is 0 Å². The summed E-state index contributed by atoms with van der Waals surface area (Å²) in [5.74, 6) is -0.885. The Hall–Kier alpha value is -4.07. The van der Waals surface area contributed by atoms with Gasteiger partial charge in [0.05, 0.1) is 10.5 Å². The molecule has 28 heavy (non-hydrogen) atoms. The van der Waals surface area contributed by atoms with Gasteiger partial charge in [-0.25, -0.2) is 4.79 Å². The topological polar surface area (TPSA) is 120 Å². The van der Waals surface area contributed by atoms with Crippen molar-refractivity contribution in [1.29, 1.82) is 0 Å². The van der Waals surface area contributed by atoms with E-state index in [1.165, 1.54) is 37.3 Å². The van der Waals surface area contributed by atoms with E-state index in [1.54, 1.807) is 30.3 Å². The number of nitrogens with zero attached hydrogens (tertiary/aromatic N) is 1. The van der Waals surface area contributed by atoms with Crippen LogP contribution < -0.4 is 10.9 Å². The molecule has 140 valence electrons. The monoisotopic (exact) mass is 378 g/mol. The molecular formula is C20H14N2O6. The molecule has 0 aliphatic rings. The van der Waals surface area contributed by atoms with Gasteiger partial charge < -0.3 is 9.73 Å². The maximum absolute atomic E-state index is 12.6. The van der Waals surface area contributed by atoms with E-state index in [0.29, 0.717) is 5.56 Å². The van der Waals surface area contributed by atoms with Crippen molar-refractivity contribution < 1.29 is 18.9 Å². The van der Waals surface area contributed by atoms with Crippen molar-refractivity contribution in [3.05, 3.63) is 104 Å². The van der Waals surface area contributed by atoms with E-state index in [9.17, 15) is 24.5 Å². The Balaban J connectivity index is 1.90. The van der Waals surface area contributed by atoms with Gasteiger partial charge in [0.25, 0.3) is 11.6 Å². The highest BCUT2D eigenvalue weighted by Crippen LogP contribution is 2.17. The Morgan fingerprint density at radius 3 is 2.25 bits per heavy atom. The zero-order chi connectivity index (χ0) is 20.3. The number of nitro groups is 1. The Kier molecular flexibility index (Phi) is 5.12. The number of anilines is 1. The third kappa shape index (κ3) is 3.85. The molecule has 1 aromatic heterocycles. The van der Waals surface area contributed by atoms with Crippen LogP contribution in [-0.2, 0) is 0 Å². The summed E-state index contributed by atoms with van der Waals surface area (Å²) < 4.78 is 5.09. The summed E-state index contributed by atoms with van der Waals surface area (Å²) in [6.07, 6.45) is 0. The van der Waals surface area contributed by atoms with Crippen molar-refractivity contribution >= 4 is 23.1 Å². The Morgan fingerprint density at radius 2 is 1.64 bits per heavy atom. The van der Waals surface area contributed by atoms with Crippen LogP contribution in [-0.4, -0.2) is 16.6 Å². The molecule has 0 spiro atoms. The van der Waals surface area contributed by atoms with Gasteiger partial charge in [-0.15, -0.1) is 0 Å². The highest BCUT2D eigenvalue weighted by atomic mass is 16.6. The van der Waals surface area contributed by atoms with Crippen LogP contribution in [0.25, 0.3) is 0 Å². The number of hydrogen-bond donors (Lipinski definition) is 1. The van der Waals surface area contributed by atoms with E-state index in [4.69, 9.17) is 4.42 Å². The zero-order valence-corrected chi connectivity index (χ0v) is 14.7. The van der Waals surface area contributed by atoms with Crippen molar-refractivity contribution in [2.75, 3.05) is 5.32 Å². The van der Waals surface area contributed by atoms with Crippen LogP contribution in [0.1, 0.15) is 32.0 Å². The van der Waals surface area contributed by atoms with Crippen LogP contribution in [0.4, 0.5) is 11.4 Å². The van der Waals surface area contributed by atoms with E-state index >= 15 is 0 Å². The molecule has 8 heteroatoms. The number of aryl methyl sites for hydroxylation is 1. The van der Waals surface area contributed by atoms with Gasteiger partial charge >= 0.3 is 5.63 Å². The molecule has 0 unspecified atom stereocenters. The molecular weight excluding hydrogens is 364 g/mol. The van der Waals surface area contributed by atoms with E-state index in [-0.39, 0.29) is 34.0 Å². The Morgan fingerprint density at radius 1 is 1.00 bits per heavy atom. The summed E-state index contributed by atoms with van der Waals surface area (Å²) in [6.45, 7) is 1.49. The molecule has 3 aromatic rings. The average molecular weight is 378 g/mol. The molecule has 1 N–H and O–H groups in total. The number of amides is 1. The number of nitrogens with one attached hydrogen (secondary N) is 1. The predicted octanol–water partition coefficient (Wildman–Crippen LogP) is 3.34.